The van der Waals surface area contributed by atoms with Crippen molar-refractivity contribution in [3.63, 3.8) is 0 Å². The van der Waals surface area contributed by atoms with Gasteiger partial charge in [0.2, 0.25) is 0 Å². The predicted octanol–water partition coefficient (Wildman–Crippen LogP) is 4.71. The van der Waals surface area contributed by atoms with E-state index in [1.165, 1.54) is 51.2 Å². The van der Waals surface area contributed by atoms with Crippen molar-refractivity contribution in [2.75, 3.05) is 6.61 Å². The van der Waals surface area contributed by atoms with Crippen molar-refractivity contribution >= 4 is 0 Å². The van der Waals surface area contributed by atoms with Crippen molar-refractivity contribution in [3.05, 3.63) is 25.0 Å². The lowest BCUT2D eigenvalue weighted by Gasteiger charge is -2.01. The molecule has 0 aliphatic carbocycles. The summed E-state index contributed by atoms with van der Waals surface area (Å²) in [7, 11) is 0. The van der Waals surface area contributed by atoms with Gasteiger partial charge in [-0.1, -0.05) is 50.8 Å². The number of allylic oxidation sites excluding steroid dienone is 2. The second-order valence-electron chi connectivity index (χ2n) is 3.99. The summed E-state index contributed by atoms with van der Waals surface area (Å²) in [5.41, 5.74) is 0. The summed E-state index contributed by atoms with van der Waals surface area (Å²) in [4.78, 5) is 9.11. The Kier molecular flexibility index (Phi) is 14.5. The molecule has 0 aromatic rings. The van der Waals surface area contributed by atoms with Gasteiger partial charge in [-0.2, -0.15) is 4.89 Å². The molecule has 0 radical (unpaired) electrons. The van der Waals surface area contributed by atoms with Crippen LogP contribution in [-0.4, -0.2) is 6.61 Å². The summed E-state index contributed by atoms with van der Waals surface area (Å²) in [6.07, 6.45) is 15.6. The third-order valence-electron chi connectivity index (χ3n) is 2.49. The quantitative estimate of drug-likeness (QED) is 0.154. The van der Waals surface area contributed by atoms with Gasteiger partial charge < -0.3 is 4.89 Å². The first-order valence-electron chi connectivity index (χ1n) is 6.58. The van der Waals surface area contributed by atoms with E-state index in [4.69, 9.17) is 4.89 Å². The molecule has 17 heavy (non-hydrogen) atoms. The van der Waals surface area contributed by atoms with E-state index in [0.29, 0.717) is 6.61 Å². The van der Waals surface area contributed by atoms with Crippen molar-refractivity contribution in [1.29, 1.82) is 0 Å². The summed E-state index contributed by atoms with van der Waals surface area (Å²) in [5.74, 6) is 0. The van der Waals surface area contributed by atoms with Crippen LogP contribution in [0.3, 0.4) is 0 Å². The van der Waals surface area contributed by atoms with Crippen LogP contribution in [0.5, 0.6) is 0 Å². The van der Waals surface area contributed by atoms with E-state index in [-0.39, 0.29) is 0 Å². The minimum atomic E-state index is 0.579. The number of unbranched alkanes of at least 4 members (excludes halogenated alkanes) is 7. The lowest BCUT2D eigenvalue weighted by Crippen LogP contribution is -1.95. The van der Waals surface area contributed by atoms with Gasteiger partial charge in [-0.25, -0.2) is 0 Å². The molecule has 0 fully saturated rings. The van der Waals surface area contributed by atoms with Crippen LogP contribution in [0.2, 0.25) is 0 Å². The van der Waals surface area contributed by atoms with E-state index < -0.39 is 0 Å². The molecule has 0 bridgehead atoms. The number of hydrogen-bond acceptors (Lipinski definition) is 3. The minimum absolute atomic E-state index is 0.579. The maximum atomic E-state index is 4.74. The Hall–Kier alpha value is -0.800. The van der Waals surface area contributed by atoms with Gasteiger partial charge in [-0.3, -0.25) is 0 Å². The molecule has 0 heterocycles. The Morgan fingerprint density at radius 3 is 2.24 bits per heavy atom. The lowest BCUT2D eigenvalue weighted by molar-refractivity contribution is -0.489. The highest BCUT2D eigenvalue weighted by molar-refractivity contribution is 4.76. The third kappa shape index (κ3) is 15.2. The van der Waals surface area contributed by atoms with Crippen molar-refractivity contribution in [2.24, 2.45) is 0 Å². The normalized spacial score (nSPS) is 10.9. The summed E-state index contributed by atoms with van der Waals surface area (Å²) >= 11 is 0. The first kappa shape index (κ1) is 16.2. The van der Waals surface area contributed by atoms with E-state index in [2.05, 4.69) is 35.6 Å². The summed E-state index contributed by atoms with van der Waals surface area (Å²) in [6.45, 7) is 5.98. The molecule has 3 nitrogen and oxygen atoms in total. The first-order valence-corrected chi connectivity index (χ1v) is 6.58. The fourth-order valence-corrected chi connectivity index (χ4v) is 1.56. The zero-order chi connectivity index (χ0) is 12.6. The van der Waals surface area contributed by atoms with Crippen LogP contribution in [0, 0.1) is 0 Å². The van der Waals surface area contributed by atoms with Crippen LogP contribution in [0.25, 0.3) is 0 Å². The molecule has 0 unspecified atom stereocenters. The molecule has 0 saturated heterocycles. The second-order valence-corrected chi connectivity index (χ2v) is 3.99. The molecule has 0 amide bonds. The van der Waals surface area contributed by atoms with E-state index in [1.54, 1.807) is 0 Å². The van der Waals surface area contributed by atoms with Gasteiger partial charge in [0, 0.05) is 0 Å². The minimum Gasteiger partial charge on any atom is -0.317 e. The molecule has 0 spiro atoms. The van der Waals surface area contributed by atoms with Crippen molar-refractivity contribution in [3.8, 4) is 0 Å². The van der Waals surface area contributed by atoms with Crippen LogP contribution in [0.1, 0.15) is 58.3 Å². The largest absolute Gasteiger partial charge is 0.317 e. The molecular weight excluding hydrogens is 216 g/mol. The molecule has 0 N–H and O–H groups in total. The van der Waals surface area contributed by atoms with Gasteiger partial charge in [0.1, 0.15) is 6.26 Å². The molecule has 0 aliphatic rings. The summed E-state index contributed by atoms with van der Waals surface area (Å²) in [6, 6.07) is 0. The summed E-state index contributed by atoms with van der Waals surface area (Å²) in [5, 5.41) is 4.34. The number of hydrogen-bond donors (Lipinski definition) is 0. The highest BCUT2D eigenvalue weighted by atomic mass is 17.5. The third-order valence-corrected chi connectivity index (χ3v) is 2.49. The van der Waals surface area contributed by atoms with Gasteiger partial charge in [0.25, 0.3) is 0 Å². The number of rotatable bonds is 13. The van der Waals surface area contributed by atoms with E-state index in [0.717, 1.165) is 6.42 Å². The molecule has 3 heteroatoms. The molecule has 100 valence electrons. The van der Waals surface area contributed by atoms with Gasteiger partial charge in [0.05, 0.1) is 6.61 Å². The predicted molar refractivity (Wildman–Crippen MR) is 70.1 cm³/mol. The molecule has 0 aromatic carbocycles. The van der Waals surface area contributed by atoms with Crippen molar-refractivity contribution in [1.82, 2.24) is 0 Å². The monoisotopic (exact) mass is 242 g/mol. The molecule has 0 rings (SSSR count). The van der Waals surface area contributed by atoms with Crippen LogP contribution >= 0.6 is 0 Å². The van der Waals surface area contributed by atoms with Crippen LogP contribution in [-0.2, 0) is 14.8 Å². The topological polar surface area (TPSA) is 27.7 Å². The van der Waals surface area contributed by atoms with Crippen molar-refractivity contribution < 1.29 is 14.8 Å². The Bertz CT molecular complexity index is 178. The molecule has 0 saturated carbocycles. The van der Waals surface area contributed by atoms with Gasteiger partial charge in [-0.05, 0) is 31.2 Å². The Morgan fingerprint density at radius 2 is 1.59 bits per heavy atom. The molecule has 0 atom stereocenters. The fourth-order valence-electron chi connectivity index (χ4n) is 1.56. The van der Waals surface area contributed by atoms with Gasteiger partial charge >= 0.3 is 0 Å². The maximum Gasteiger partial charge on any atom is 0.125 e. The SMILES string of the molecule is C=COOOCCCCCCCCCC=CC. The Balaban J connectivity index is 2.91. The average Bonchev–Trinajstić information content (AvgIpc) is 2.35. The maximum absolute atomic E-state index is 4.74. The highest BCUT2D eigenvalue weighted by Crippen LogP contribution is 2.08. The van der Waals surface area contributed by atoms with Crippen molar-refractivity contribution in [2.45, 2.75) is 58.3 Å². The van der Waals surface area contributed by atoms with Gasteiger partial charge in [0.15, 0.2) is 0 Å². The van der Waals surface area contributed by atoms with Crippen LogP contribution < -0.4 is 0 Å². The standard InChI is InChI=1S/C14H26O3/c1-3-5-6-7-8-9-10-11-12-13-14-16-17-15-4-2/h3-5H,2,6-14H2,1H3. The molecule has 0 aliphatic heterocycles. The Morgan fingerprint density at radius 1 is 0.941 bits per heavy atom. The Labute approximate surface area is 105 Å². The van der Waals surface area contributed by atoms with E-state index >= 15 is 0 Å². The second kappa shape index (κ2) is 15.2. The highest BCUT2D eigenvalue weighted by Gasteiger charge is 1.92. The lowest BCUT2D eigenvalue weighted by atomic mass is 10.1. The van der Waals surface area contributed by atoms with Crippen LogP contribution in [0.15, 0.2) is 25.0 Å². The first-order chi connectivity index (χ1) is 8.41. The smallest absolute Gasteiger partial charge is 0.125 e. The molecule has 0 aromatic heterocycles. The van der Waals surface area contributed by atoms with Crippen LogP contribution in [0.4, 0.5) is 0 Å². The zero-order valence-electron chi connectivity index (χ0n) is 11.0. The van der Waals surface area contributed by atoms with E-state index in [9.17, 15) is 0 Å². The average molecular weight is 242 g/mol. The fraction of sp³-hybridized carbons (Fsp3) is 0.714. The van der Waals surface area contributed by atoms with E-state index in [1.807, 2.05) is 0 Å². The summed E-state index contributed by atoms with van der Waals surface area (Å²) < 4.78 is 0. The molecular formula is C14H26O3. The van der Waals surface area contributed by atoms with Gasteiger partial charge in [-0.15, -0.1) is 0 Å². The zero-order valence-corrected chi connectivity index (χ0v) is 11.0.